The maximum Gasteiger partial charge on any atom is 0.200 e. The van der Waals surface area contributed by atoms with Gasteiger partial charge < -0.3 is 9.84 Å². The number of aliphatic hydroxyl groups is 1. The SMILES string of the molecule is CC1CCC(C2CCC(C(O)Oc3ccc(-c4ccc(F)cc4)cc3)CC2)CC1. The Hall–Kier alpha value is -1.87. The molecule has 2 aliphatic carbocycles. The largest absolute Gasteiger partial charge is 0.465 e. The first-order valence-electron chi connectivity index (χ1n) is 11.3. The van der Waals surface area contributed by atoms with Gasteiger partial charge in [0.15, 0.2) is 6.29 Å². The molecular weight excluding hydrogens is 363 g/mol. The fourth-order valence-corrected chi connectivity index (χ4v) is 5.26. The molecule has 0 bridgehead atoms. The van der Waals surface area contributed by atoms with Crippen LogP contribution in [0.4, 0.5) is 4.39 Å². The fourth-order valence-electron chi connectivity index (χ4n) is 5.26. The Kier molecular flexibility index (Phi) is 6.54. The molecule has 2 fully saturated rings. The van der Waals surface area contributed by atoms with Crippen LogP contribution >= 0.6 is 0 Å². The summed E-state index contributed by atoms with van der Waals surface area (Å²) in [4.78, 5) is 0. The third-order valence-corrected chi connectivity index (χ3v) is 7.24. The number of benzene rings is 2. The number of hydrogen-bond donors (Lipinski definition) is 1. The Morgan fingerprint density at radius 2 is 1.24 bits per heavy atom. The summed E-state index contributed by atoms with van der Waals surface area (Å²) in [6.45, 7) is 2.38. The third-order valence-electron chi connectivity index (χ3n) is 7.24. The molecule has 0 aliphatic heterocycles. The molecule has 1 atom stereocenters. The van der Waals surface area contributed by atoms with Gasteiger partial charge in [-0.15, -0.1) is 0 Å². The molecule has 2 saturated carbocycles. The number of hydrogen-bond acceptors (Lipinski definition) is 2. The number of aliphatic hydroxyl groups excluding tert-OH is 1. The molecule has 2 aliphatic rings. The predicted octanol–water partition coefficient (Wildman–Crippen LogP) is 6.82. The van der Waals surface area contributed by atoms with Gasteiger partial charge in [0.05, 0.1) is 0 Å². The Morgan fingerprint density at radius 1 is 0.759 bits per heavy atom. The van der Waals surface area contributed by atoms with Crippen molar-refractivity contribution in [2.75, 3.05) is 0 Å². The van der Waals surface area contributed by atoms with Crippen LogP contribution < -0.4 is 4.74 Å². The molecule has 0 aromatic heterocycles. The van der Waals surface area contributed by atoms with Crippen molar-refractivity contribution in [1.29, 1.82) is 0 Å². The van der Waals surface area contributed by atoms with Crippen molar-refractivity contribution in [3.8, 4) is 16.9 Å². The Bertz CT molecular complexity index is 754. The van der Waals surface area contributed by atoms with Crippen LogP contribution in [0.15, 0.2) is 48.5 Å². The maximum atomic E-state index is 13.1. The molecule has 3 heteroatoms. The summed E-state index contributed by atoms with van der Waals surface area (Å²) in [5, 5.41) is 10.6. The third kappa shape index (κ3) is 5.19. The standard InChI is InChI=1S/C26H33FO2/c1-18-2-4-19(5-3-18)20-6-8-23(9-7-20)26(28)29-25-16-12-22(13-17-25)21-10-14-24(27)15-11-21/h10-20,23,26,28H,2-9H2,1H3. The molecule has 2 aromatic rings. The minimum atomic E-state index is -0.737. The average Bonchev–Trinajstić information content (AvgIpc) is 2.76. The Morgan fingerprint density at radius 3 is 1.79 bits per heavy atom. The second kappa shape index (κ2) is 9.30. The van der Waals surface area contributed by atoms with E-state index in [1.54, 1.807) is 12.1 Å². The highest BCUT2D eigenvalue weighted by atomic mass is 19.1. The van der Waals surface area contributed by atoms with E-state index in [0.29, 0.717) is 5.75 Å². The van der Waals surface area contributed by atoms with Gasteiger partial charge >= 0.3 is 0 Å². The van der Waals surface area contributed by atoms with Crippen molar-refractivity contribution in [3.05, 3.63) is 54.3 Å². The zero-order valence-corrected chi connectivity index (χ0v) is 17.4. The first kappa shape index (κ1) is 20.4. The number of halogens is 1. The van der Waals surface area contributed by atoms with E-state index in [1.165, 1.54) is 50.7 Å². The number of ether oxygens (including phenoxy) is 1. The van der Waals surface area contributed by atoms with Crippen LogP contribution in [0.5, 0.6) is 5.75 Å². The van der Waals surface area contributed by atoms with E-state index in [1.807, 2.05) is 24.3 Å². The van der Waals surface area contributed by atoms with E-state index >= 15 is 0 Å². The van der Waals surface area contributed by atoms with Crippen molar-refractivity contribution in [3.63, 3.8) is 0 Å². The highest BCUT2D eigenvalue weighted by molar-refractivity contribution is 5.63. The van der Waals surface area contributed by atoms with E-state index in [4.69, 9.17) is 4.74 Å². The van der Waals surface area contributed by atoms with Crippen molar-refractivity contribution < 1.29 is 14.2 Å². The minimum Gasteiger partial charge on any atom is -0.465 e. The van der Waals surface area contributed by atoms with Crippen LogP contribution in [0.3, 0.4) is 0 Å². The van der Waals surface area contributed by atoms with Gasteiger partial charge in [-0.2, -0.15) is 0 Å². The van der Waals surface area contributed by atoms with Crippen molar-refractivity contribution in [2.45, 2.75) is 64.6 Å². The predicted molar refractivity (Wildman–Crippen MR) is 115 cm³/mol. The first-order chi connectivity index (χ1) is 14.1. The fraction of sp³-hybridized carbons (Fsp3) is 0.538. The lowest BCUT2D eigenvalue weighted by Crippen LogP contribution is -2.32. The monoisotopic (exact) mass is 396 g/mol. The van der Waals surface area contributed by atoms with E-state index in [0.717, 1.165) is 41.7 Å². The molecule has 0 spiro atoms. The molecule has 2 nitrogen and oxygen atoms in total. The van der Waals surface area contributed by atoms with Crippen LogP contribution in [0.25, 0.3) is 11.1 Å². The molecule has 29 heavy (non-hydrogen) atoms. The highest BCUT2D eigenvalue weighted by Gasteiger charge is 2.32. The van der Waals surface area contributed by atoms with E-state index in [-0.39, 0.29) is 11.7 Å². The van der Waals surface area contributed by atoms with Crippen LogP contribution in [-0.2, 0) is 0 Å². The molecule has 1 N–H and O–H groups in total. The molecular formula is C26H33FO2. The molecule has 1 unspecified atom stereocenters. The second-order valence-electron chi connectivity index (χ2n) is 9.23. The molecule has 4 rings (SSSR count). The van der Waals surface area contributed by atoms with Crippen LogP contribution in [0.2, 0.25) is 0 Å². The number of rotatable bonds is 5. The lowest BCUT2D eigenvalue weighted by atomic mass is 9.69. The van der Waals surface area contributed by atoms with Crippen molar-refractivity contribution >= 4 is 0 Å². The summed E-state index contributed by atoms with van der Waals surface area (Å²) >= 11 is 0. The average molecular weight is 397 g/mol. The van der Waals surface area contributed by atoms with Gasteiger partial charge in [-0.25, -0.2) is 4.39 Å². The lowest BCUT2D eigenvalue weighted by Gasteiger charge is -2.38. The smallest absolute Gasteiger partial charge is 0.200 e. The van der Waals surface area contributed by atoms with Gasteiger partial charge in [-0.3, -0.25) is 0 Å². The van der Waals surface area contributed by atoms with Crippen LogP contribution in [0.1, 0.15) is 58.3 Å². The molecule has 0 amide bonds. The zero-order chi connectivity index (χ0) is 20.2. The molecule has 0 heterocycles. The second-order valence-corrected chi connectivity index (χ2v) is 9.23. The lowest BCUT2D eigenvalue weighted by molar-refractivity contribution is -0.0785. The molecule has 0 radical (unpaired) electrons. The van der Waals surface area contributed by atoms with Gasteiger partial charge in [-0.05, 0) is 91.7 Å². The van der Waals surface area contributed by atoms with Crippen LogP contribution in [0, 0.1) is 29.5 Å². The summed E-state index contributed by atoms with van der Waals surface area (Å²) < 4.78 is 18.9. The van der Waals surface area contributed by atoms with E-state index in [9.17, 15) is 9.50 Å². The quantitative estimate of drug-likeness (QED) is 0.562. The van der Waals surface area contributed by atoms with Gasteiger partial charge in [-0.1, -0.05) is 44.0 Å². The summed E-state index contributed by atoms with van der Waals surface area (Å²) in [5.74, 6) is 3.35. The first-order valence-corrected chi connectivity index (χ1v) is 11.3. The van der Waals surface area contributed by atoms with E-state index in [2.05, 4.69) is 6.92 Å². The normalized spacial score (nSPS) is 28.7. The van der Waals surface area contributed by atoms with Crippen molar-refractivity contribution in [1.82, 2.24) is 0 Å². The van der Waals surface area contributed by atoms with Gasteiger partial charge in [0.1, 0.15) is 11.6 Å². The van der Waals surface area contributed by atoms with E-state index < -0.39 is 6.29 Å². The summed E-state index contributed by atoms with van der Waals surface area (Å²) in [6.07, 6.45) is 9.43. The van der Waals surface area contributed by atoms with Crippen molar-refractivity contribution in [2.24, 2.45) is 23.7 Å². The zero-order valence-electron chi connectivity index (χ0n) is 17.4. The van der Waals surface area contributed by atoms with Gasteiger partial charge in [0.2, 0.25) is 0 Å². The summed E-state index contributed by atoms with van der Waals surface area (Å²) in [5.41, 5.74) is 1.98. The molecule has 0 saturated heterocycles. The Balaban J connectivity index is 1.27. The highest BCUT2D eigenvalue weighted by Crippen LogP contribution is 2.42. The topological polar surface area (TPSA) is 29.5 Å². The summed E-state index contributed by atoms with van der Waals surface area (Å²) in [7, 11) is 0. The maximum absolute atomic E-state index is 13.1. The Labute approximate surface area is 174 Å². The molecule has 156 valence electrons. The van der Waals surface area contributed by atoms with Crippen LogP contribution in [-0.4, -0.2) is 11.4 Å². The van der Waals surface area contributed by atoms with Gasteiger partial charge in [0.25, 0.3) is 0 Å². The minimum absolute atomic E-state index is 0.227. The summed E-state index contributed by atoms with van der Waals surface area (Å²) in [6, 6.07) is 14.2. The van der Waals surface area contributed by atoms with Gasteiger partial charge in [0, 0.05) is 5.92 Å². The molecule has 2 aromatic carbocycles.